The molecule has 1 saturated heterocycles. The van der Waals surface area contributed by atoms with Crippen LogP contribution >= 0.6 is 0 Å². The summed E-state index contributed by atoms with van der Waals surface area (Å²) in [5.41, 5.74) is 0.942. The molecular formula is C17H20N4O4S. The molecule has 0 atom stereocenters. The van der Waals surface area contributed by atoms with Crippen LogP contribution in [0.3, 0.4) is 0 Å². The van der Waals surface area contributed by atoms with Gasteiger partial charge in [-0.1, -0.05) is 30.3 Å². The molecule has 138 valence electrons. The Morgan fingerprint density at radius 2 is 1.81 bits per heavy atom. The average molecular weight is 376 g/mol. The van der Waals surface area contributed by atoms with Gasteiger partial charge in [-0.25, -0.2) is 17.7 Å². The van der Waals surface area contributed by atoms with Gasteiger partial charge in [0.15, 0.2) is 5.69 Å². The van der Waals surface area contributed by atoms with Crippen LogP contribution < -0.4 is 5.32 Å². The van der Waals surface area contributed by atoms with E-state index in [-0.39, 0.29) is 11.7 Å². The number of pyridine rings is 1. The number of rotatable bonds is 5. The van der Waals surface area contributed by atoms with Gasteiger partial charge >= 0.3 is 0 Å². The maximum absolute atomic E-state index is 11.6. The van der Waals surface area contributed by atoms with Crippen LogP contribution in [0.5, 0.6) is 0 Å². The van der Waals surface area contributed by atoms with Crippen LogP contribution in [-0.4, -0.2) is 48.0 Å². The molecule has 9 heteroatoms. The van der Waals surface area contributed by atoms with Crippen LogP contribution in [-0.2, 0) is 10.0 Å². The maximum atomic E-state index is 11.6. The second-order valence-corrected chi connectivity index (χ2v) is 8.25. The average Bonchev–Trinajstić information content (AvgIpc) is 2.62. The molecule has 3 rings (SSSR count). The monoisotopic (exact) mass is 376 g/mol. The Hall–Kier alpha value is -2.52. The molecule has 2 heterocycles. The fraction of sp³-hybridized carbons (Fsp3) is 0.353. The lowest BCUT2D eigenvalue weighted by Gasteiger charge is -2.30. The maximum Gasteiger partial charge on any atom is 0.295 e. The molecule has 1 aromatic heterocycles. The Balaban J connectivity index is 1.79. The molecule has 1 aromatic carbocycles. The summed E-state index contributed by atoms with van der Waals surface area (Å²) in [6.07, 6.45) is 2.53. The zero-order chi connectivity index (χ0) is 18.7. The SMILES string of the molecule is CS(=O)(=O)N1CCC(Nc2ccc([N+](=O)[O-])c(-c3ccccc3)n2)CC1. The Bertz CT molecular complexity index is 894. The molecule has 0 bridgehead atoms. The van der Waals surface area contributed by atoms with Gasteiger partial charge in [-0.05, 0) is 18.9 Å². The van der Waals surface area contributed by atoms with E-state index in [0.29, 0.717) is 43.0 Å². The van der Waals surface area contributed by atoms with Crippen LogP contribution in [0.15, 0.2) is 42.5 Å². The van der Waals surface area contributed by atoms with E-state index >= 15 is 0 Å². The van der Waals surface area contributed by atoms with E-state index in [2.05, 4.69) is 10.3 Å². The van der Waals surface area contributed by atoms with E-state index in [1.54, 1.807) is 18.2 Å². The van der Waals surface area contributed by atoms with Crippen LogP contribution in [0.4, 0.5) is 11.5 Å². The highest BCUT2D eigenvalue weighted by molar-refractivity contribution is 7.88. The van der Waals surface area contributed by atoms with Crippen LogP contribution in [0.25, 0.3) is 11.3 Å². The number of aromatic nitrogens is 1. The molecule has 0 amide bonds. The number of nitrogens with zero attached hydrogens (tertiary/aromatic N) is 3. The van der Waals surface area contributed by atoms with E-state index in [9.17, 15) is 18.5 Å². The predicted octanol–water partition coefficient (Wildman–Crippen LogP) is 2.49. The summed E-state index contributed by atoms with van der Waals surface area (Å²) in [4.78, 5) is 15.3. The first kappa shape index (κ1) is 18.3. The highest BCUT2D eigenvalue weighted by atomic mass is 32.2. The smallest absolute Gasteiger partial charge is 0.295 e. The van der Waals surface area contributed by atoms with Crippen molar-refractivity contribution < 1.29 is 13.3 Å². The third kappa shape index (κ3) is 4.17. The fourth-order valence-corrected chi connectivity index (χ4v) is 3.90. The Labute approximate surface area is 152 Å². The number of hydrogen-bond donors (Lipinski definition) is 1. The standard InChI is InChI=1S/C17H20N4O4S/c1-26(24,25)20-11-9-14(10-12-20)18-16-8-7-15(21(22)23)17(19-16)13-5-3-2-4-6-13/h2-8,14H,9-12H2,1H3,(H,18,19). The summed E-state index contributed by atoms with van der Waals surface area (Å²) < 4.78 is 24.6. The zero-order valence-corrected chi connectivity index (χ0v) is 15.1. The quantitative estimate of drug-likeness (QED) is 0.635. The second kappa shape index (κ2) is 7.38. The number of nitrogens with one attached hydrogen (secondary N) is 1. The van der Waals surface area contributed by atoms with E-state index in [1.807, 2.05) is 18.2 Å². The van der Waals surface area contributed by atoms with Gasteiger partial charge in [-0.3, -0.25) is 10.1 Å². The van der Waals surface area contributed by atoms with Gasteiger partial charge in [0.25, 0.3) is 5.69 Å². The van der Waals surface area contributed by atoms with Crippen molar-refractivity contribution >= 4 is 21.5 Å². The van der Waals surface area contributed by atoms with Crippen LogP contribution in [0, 0.1) is 10.1 Å². The molecule has 8 nitrogen and oxygen atoms in total. The summed E-state index contributed by atoms with van der Waals surface area (Å²) in [5, 5.41) is 14.6. The minimum absolute atomic E-state index is 0.0476. The molecule has 1 aliphatic heterocycles. The van der Waals surface area contributed by atoms with E-state index in [0.717, 1.165) is 0 Å². The van der Waals surface area contributed by atoms with Crippen molar-refractivity contribution in [2.24, 2.45) is 0 Å². The molecule has 0 radical (unpaired) electrons. The molecular weight excluding hydrogens is 356 g/mol. The van der Waals surface area contributed by atoms with E-state index in [1.165, 1.54) is 16.6 Å². The summed E-state index contributed by atoms with van der Waals surface area (Å²) in [7, 11) is -3.17. The Morgan fingerprint density at radius 1 is 1.15 bits per heavy atom. The van der Waals surface area contributed by atoms with Crippen molar-refractivity contribution in [2.75, 3.05) is 24.7 Å². The van der Waals surface area contributed by atoms with Crippen LogP contribution in [0.2, 0.25) is 0 Å². The summed E-state index contributed by atoms with van der Waals surface area (Å²) >= 11 is 0. The molecule has 0 unspecified atom stereocenters. The first-order valence-electron chi connectivity index (χ1n) is 8.27. The number of piperidine rings is 1. The number of sulfonamides is 1. The zero-order valence-electron chi connectivity index (χ0n) is 14.3. The number of benzene rings is 1. The summed E-state index contributed by atoms with van der Waals surface area (Å²) in [6.45, 7) is 0.907. The predicted molar refractivity (Wildman–Crippen MR) is 99.4 cm³/mol. The highest BCUT2D eigenvalue weighted by Gasteiger charge is 2.25. The minimum atomic E-state index is -3.17. The van der Waals surface area contributed by atoms with Gasteiger partial charge in [0, 0.05) is 30.8 Å². The lowest BCUT2D eigenvalue weighted by molar-refractivity contribution is -0.384. The minimum Gasteiger partial charge on any atom is -0.367 e. The third-order valence-electron chi connectivity index (χ3n) is 4.39. The lowest BCUT2D eigenvalue weighted by atomic mass is 10.1. The normalized spacial score (nSPS) is 16.3. The molecule has 0 saturated carbocycles. The molecule has 1 fully saturated rings. The Morgan fingerprint density at radius 3 is 2.38 bits per heavy atom. The Kier molecular flexibility index (Phi) is 5.19. The van der Waals surface area contributed by atoms with Gasteiger partial charge in [-0.15, -0.1) is 0 Å². The van der Waals surface area contributed by atoms with E-state index in [4.69, 9.17) is 0 Å². The van der Waals surface area contributed by atoms with Gasteiger partial charge in [-0.2, -0.15) is 0 Å². The molecule has 0 aliphatic carbocycles. The van der Waals surface area contributed by atoms with Gasteiger partial charge in [0.05, 0.1) is 11.2 Å². The molecule has 26 heavy (non-hydrogen) atoms. The summed E-state index contributed by atoms with van der Waals surface area (Å²) in [6, 6.07) is 12.1. The molecule has 0 spiro atoms. The van der Waals surface area contributed by atoms with Gasteiger partial charge in [0.1, 0.15) is 5.82 Å². The summed E-state index contributed by atoms with van der Waals surface area (Å²) in [5.74, 6) is 0.548. The highest BCUT2D eigenvalue weighted by Crippen LogP contribution is 2.29. The number of hydrogen-bond acceptors (Lipinski definition) is 6. The largest absolute Gasteiger partial charge is 0.367 e. The molecule has 1 N–H and O–H groups in total. The third-order valence-corrected chi connectivity index (χ3v) is 5.70. The van der Waals surface area contributed by atoms with Crippen molar-refractivity contribution in [2.45, 2.75) is 18.9 Å². The molecule has 2 aromatic rings. The molecule has 1 aliphatic rings. The first-order chi connectivity index (χ1) is 12.3. The number of nitro groups is 1. The van der Waals surface area contributed by atoms with Gasteiger partial charge < -0.3 is 5.32 Å². The van der Waals surface area contributed by atoms with Crippen molar-refractivity contribution in [1.29, 1.82) is 0 Å². The van der Waals surface area contributed by atoms with Gasteiger partial charge in [0.2, 0.25) is 10.0 Å². The van der Waals surface area contributed by atoms with Crippen molar-refractivity contribution in [3.63, 3.8) is 0 Å². The van der Waals surface area contributed by atoms with E-state index < -0.39 is 14.9 Å². The topological polar surface area (TPSA) is 105 Å². The van der Waals surface area contributed by atoms with Crippen molar-refractivity contribution in [1.82, 2.24) is 9.29 Å². The first-order valence-corrected chi connectivity index (χ1v) is 10.1. The lowest BCUT2D eigenvalue weighted by Crippen LogP contribution is -2.41. The fourth-order valence-electron chi connectivity index (χ4n) is 3.03. The van der Waals surface area contributed by atoms with Crippen LogP contribution in [0.1, 0.15) is 12.8 Å². The number of anilines is 1. The van der Waals surface area contributed by atoms with Crippen molar-refractivity contribution in [3.8, 4) is 11.3 Å². The van der Waals surface area contributed by atoms with Crippen molar-refractivity contribution in [3.05, 3.63) is 52.6 Å². The second-order valence-electron chi connectivity index (χ2n) is 6.27.